The van der Waals surface area contributed by atoms with Gasteiger partial charge in [0, 0.05) is 19.5 Å². The lowest BCUT2D eigenvalue weighted by Crippen LogP contribution is -2.35. The quantitative estimate of drug-likeness (QED) is 0.869. The number of hydrogen-bond acceptors (Lipinski definition) is 3. The Kier molecular flexibility index (Phi) is 4.29. The highest BCUT2D eigenvalue weighted by molar-refractivity contribution is 7.13. The molecule has 5 heteroatoms. The number of thiazole rings is 1. The van der Waals surface area contributed by atoms with E-state index in [1.165, 1.54) is 29.9 Å². The van der Waals surface area contributed by atoms with E-state index < -0.39 is 0 Å². The summed E-state index contributed by atoms with van der Waals surface area (Å²) in [7, 11) is 0. The van der Waals surface area contributed by atoms with Crippen LogP contribution in [0.2, 0.25) is 0 Å². The lowest BCUT2D eigenvalue weighted by molar-refractivity contribution is 0.0729. The Morgan fingerprint density at radius 2 is 1.90 bits per heavy atom. The average molecular weight is 304 g/mol. The molecular formula is C16H17FN2OS. The molecule has 0 unspecified atom stereocenters. The summed E-state index contributed by atoms with van der Waals surface area (Å²) in [4.78, 5) is 19.3. The topological polar surface area (TPSA) is 33.2 Å². The molecule has 1 saturated heterocycles. The zero-order chi connectivity index (χ0) is 14.7. The third kappa shape index (κ3) is 3.47. The van der Waals surface area contributed by atoms with Gasteiger partial charge in [0.15, 0.2) is 0 Å². The standard InChI is InChI=1S/C16H17FN2OS/c17-13-6-4-12(5-7-13)10-15-18-11-14(21-15)16(20)19-8-2-1-3-9-19/h4-7,11H,1-3,8-10H2. The molecule has 3 rings (SSSR count). The Labute approximate surface area is 127 Å². The van der Waals surface area contributed by atoms with Crippen molar-refractivity contribution < 1.29 is 9.18 Å². The molecule has 1 aromatic heterocycles. The maximum atomic E-state index is 12.9. The Morgan fingerprint density at radius 3 is 2.62 bits per heavy atom. The normalized spacial score (nSPS) is 15.2. The number of rotatable bonds is 3. The van der Waals surface area contributed by atoms with Crippen LogP contribution in [0.25, 0.3) is 0 Å². The number of likely N-dealkylation sites (tertiary alicyclic amines) is 1. The van der Waals surface area contributed by atoms with Crippen LogP contribution in [-0.2, 0) is 6.42 Å². The van der Waals surface area contributed by atoms with Crippen LogP contribution in [0.5, 0.6) is 0 Å². The average Bonchev–Trinajstić information content (AvgIpc) is 2.98. The van der Waals surface area contributed by atoms with E-state index in [0.717, 1.165) is 36.5 Å². The molecule has 0 N–H and O–H groups in total. The van der Waals surface area contributed by atoms with E-state index in [9.17, 15) is 9.18 Å². The molecule has 0 atom stereocenters. The Morgan fingerprint density at radius 1 is 1.19 bits per heavy atom. The minimum atomic E-state index is -0.237. The smallest absolute Gasteiger partial charge is 0.265 e. The predicted molar refractivity (Wildman–Crippen MR) is 81.1 cm³/mol. The fourth-order valence-electron chi connectivity index (χ4n) is 2.52. The van der Waals surface area contributed by atoms with E-state index in [2.05, 4.69) is 4.98 Å². The highest BCUT2D eigenvalue weighted by Gasteiger charge is 2.20. The Bertz CT molecular complexity index is 617. The molecule has 0 radical (unpaired) electrons. The molecule has 21 heavy (non-hydrogen) atoms. The number of aromatic nitrogens is 1. The second-order valence-corrected chi connectivity index (χ2v) is 6.39. The zero-order valence-electron chi connectivity index (χ0n) is 11.7. The molecule has 0 saturated carbocycles. The van der Waals surface area contributed by atoms with Crippen molar-refractivity contribution in [3.05, 3.63) is 51.7 Å². The monoisotopic (exact) mass is 304 g/mol. The van der Waals surface area contributed by atoms with Crippen LogP contribution >= 0.6 is 11.3 Å². The SMILES string of the molecule is O=C(c1cnc(Cc2ccc(F)cc2)s1)N1CCCCC1. The number of carbonyl (C=O) groups is 1. The van der Waals surface area contributed by atoms with Crippen LogP contribution in [0, 0.1) is 5.82 Å². The first-order valence-electron chi connectivity index (χ1n) is 7.21. The van der Waals surface area contributed by atoms with Gasteiger partial charge in [0.1, 0.15) is 10.7 Å². The van der Waals surface area contributed by atoms with Crippen LogP contribution in [0.1, 0.15) is 39.5 Å². The van der Waals surface area contributed by atoms with E-state index in [-0.39, 0.29) is 11.7 Å². The molecule has 0 bridgehead atoms. The second kappa shape index (κ2) is 6.35. The molecule has 1 aliphatic rings. The van der Waals surface area contributed by atoms with Crippen LogP contribution in [0.4, 0.5) is 4.39 Å². The molecular weight excluding hydrogens is 287 g/mol. The van der Waals surface area contributed by atoms with Gasteiger partial charge in [0.2, 0.25) is 0 Å². The first-order chi connectivity index (χ1) is 10.2. The van der Waals surface area contributed by atoms with Crippen molar-refractivity contribution in [2.24, 2.45) is 0 Å². The predicted octanol–water partition coefficient (Wildman–Crippen LogP) is 3.50. The van der Waals surface area contributed by atoms with E-state index in [1.54, 1.807) is 18.3 Å². The lowest BCUT2D eigenvalue weighted by Gasteiger charge is -2.25. The first-order valence-corrected chi connectivity index (χ1v) is 8.02. The molecule has 1 amide bonds. The number of halogens is 1. The summed E-state index contributed by atoms with van der Waals surface area (Å²) in [6.07, 6.45) is 5.70. The van der Waals surface area contributed by atoms with E-state index in [1.807, 2.05) is 4.90 Å². The van der Waals surface area contributed by atoms with Crippen LogP contribution < -0.4 is 0 Å². The highest BCUT2D eigenvalue weighted by atomic mass is 32.1. The van der Waals surface area contributed by atoms with Gasteiger partial charge in [-0.3, -0.25) is 4.79 Å². The zero-order valence-corrected chi connectivity index (χ0v) is 12.5. The van der Waals surface area contributed by atoms with E-state index in [0.29, 0.717) is 11.3 Å². The number of nitrogens with zero attached hydrogens (tertiary/aromatic N) is 2. The molecule has 3 nitrogen and oxygen atoms in total. The number of amides is 1. The fraction of sp³-hybridized carbons (Fsp3) is 0.375. The number of carbonyl (C=O) groups excluding carboxylic acids is 1. The van der Waals surface area contributed by atoms with Gasteiger partial charge in [-0.05, 0) is 37.0 Å². The summed E-state index contributed by atoms with van der Waals surface area (Å²) in [5.74, 6) is -0.142. The van der Waals surface area contributed by atoms with Gasteiger partial charge < -0.3 is 4.90 Å². The van der Waals surface area contributed by atoms with Crippen LogP contribution in [0.3, 0.4) is 0 Å². The van der Waals surface area contributed by atoms with Crippen LogP contribution in [-0.4, -0.2) is 28.9 Å². The largest absolute Gasteiger partial charge is 0.338 e. The van der Waals surface area contributed by atoms with Gasteiger partial charge in [-0.2, -0.15) is 0 Å². The third-order valence-electron chi connectivity index (χ3n) is 3.68. The summed E-state index contributed by atoms with van der Waals surface area (Å²) < 4.78 is 12.9. The second-order valence-electron chi connectivity index (χ2n) is 5.27. The Hall–Kier alpha value is -1.75. The summed E-state index contributed by atoms with van der Waals surface area (Å²) in [6.45, 7) is 1.70. The molecule has 0 spiro atoms. The number of benzene rings is 1. The molecule has 2 heterocycles. The highest BCUT2D eigenvalue weighted by Crippen LogP contribution is 2.20. The molecule has 2 aromatic rings. The van der Waals surface area contributed by atoms with Gasteiger partial charge in [-0.25, -0.2) is 9.37 Å². The fourth-order valence-corrected chi connectivity index (χ4v) is 3.44. The third-order valence-corrected chi connectivity index (χ3v) is 4.66. The molecule has 1 aliphatic heterocycles. The van der Waals surface area contributed by atoms with Crippen molar-refractivity contribution >= 4 is 17.2 Å². The lowest BCUT2D eigenvalue weighted by atomic mass is 10.1. The minimum absolute atomic E-state index is 0.0950. The summed E-state index contributed by atoms with van der Waals surface area (Å²) in [6, 6.07) is 6.40. The van der Waals surface area contributed by atoms with Crippen molar-refractivity contribution in [3.8, 4) is 0 Å². The van der Waals surface area contributed by atoms with Gasteiger partial charge in [-0.1, -0.05) is 12.1 Å². The van der Waals surface area contributed by atoms with Crippen molar-refractivity contribution in [3.63, 3.8) is 0 Å². The Balaban J connectivity index is 1.68. The maximum absolute atomic E-state index is 12.9. The van der Waals surface area contributed by atoms with Gasteiger partial charge in [-0.15, -0.1) is 11.3 Å². The van der Waals surface area contributed by atoms with Crippen molar-refractivity contribution in [1.82, 2.24) is 9.88 Å². The van der Waals surface area contributed by atoms with E-state index in [4.69, 9.17) is 0 Å². The molecule has 1 fully saturated rings. The van der Waals surface area contributed by atoms with E-state index >= 15 is 0 Å². The first kappa shape index (κ1) is 14.2. The van der Waals surface area contributed by atoms with Crippen LogP contribution in [0.15, 0.2) is 30.5 Å². The van der Waals surface area contributed by atoms with Crippen molar-refractivity contribution in [2.75, 3.05) is 13.1 Å². The van der Waals surface area contributed by atoms with Gasteiger partial charge in [0.05, 0.1) is 11.2 Å². The van der Waals surface area contributed by atoms with Crippen molar-refractivity contribution in [1.29, 1.82) is 0 Å². The minimum Gasteiger partial charge on any atom is -0.338 e. The maximum Gasteiger partial charge on any atom is 0.265 e. The van der Waals surface area contributed by atoms with Crippen molar-refractivity contribution in [2.45, 2.75) is 25.7 Å². The molecule has 1 aromatic carbocycles. The molecule has 110 valence electrons. The summed E-state index contributed by atoms with van der Waals surface area (Å²) >= 11 is 1.44. The summed E-state index contributed by atoms with van der Waals surface area (Å²) in [5, 5.41) is 0.891. The van der Waals surface area contributed by atoms with Gasteiger partial charge >= 0.3 is 0 Å². The number of piperidine rings is 1. The molecule has 0 aliphatic carbocycles. The number of hydrogen-bond donors (Lipinski definition) is 0. The van der Waals surface area contributed by atoms with Gasteiger partial charge in [0.25, 0.3) is 5.91 Å². The summed E-state index contributed by atoms with van der Waals surface area (Å²) in [5.41, 5.74) is 1.00.